The van der Waals surface area contributed by atoms with E-state index in [-0.39, 0.29) is 10.8 Å². The van der Waals surface area contributed by atoms with Crippen molar-refractivity contribution < 1.29 is 0 Å². The molecule has 0 aliphatic rings. The minimum atomic E-state index is -0.320. The maximum Gasteiger partial charge on any atom is 0.267 e. The number of hydrogen-bond acceptors (Lipinski definition) is 5. The topological polar surface area (TPSA) is 71.6 Å². The Labute approximate surface area is 137 Å². The summed E-state index contributed by atoms with van der Waals surface area (Å²) in [6, 6.07) is 13.1. The van der Waals surface area contributed by atoms with Gasteiger partial charge in [0.15, 0.2) is 5.16 Å². The third kappa shape index (κ3) is 2.96. The van der Waals surface area contributed by atoms with Crippen LogP contribution in [0.5, 0.6) is 0 Å². The van der Waals surface area contributed by atoms with Crippen molar-refractivity contribution in [1.82, 2.24) is 14.5 Å². The number of nitrogens with zero attached hydrogens (tertiary/aromatic N) is 4. The number of rotatable bonds is 3. The van der Waals surface area contributed by atoms with Crippen molar-refractivity contribution in [3.63, 3.8) is 0 Å². The Balaban J connectivity index is 2.33. The predicted octanol–water partition coefficient (Wildman–Crippen LogP) is 3.09. The fourth-order valence-corrected chi connectivity index (χ4v) is 3.02. The van der Waals surface area contributed by atoms with Crippen molar-refractivity contribution in [3.05, 3.63) is 58.5 Å². The molecule has 0 aliphatic carbocycles. The van der Waals surface area contributed by atoms with Crippen molar-refractivity contribution in [2.75, 3.05) is 0 Å². The smallest absolute Gasteiger partial charge is 0.267 e. The van der Waals surface area contributed by atoms with Crippen LogP contribution < -0.4 is 5.56 Å². The molecule has 0 fully saturated rings. The van der Waals surface area contributed by atoms with Crippen molar-refractivity contribution in [2.45, 2.75) is 24.3 Å². The second kappa shape index (κ2) is 6.23. The quantitative estimate of drug-likeness (QED) is 0.547. The van der Waals surface area contributed by atoms with Crippen LogP contribution in [0.3, 0.4) is 0 Å². The molecule has 0 N–H and O–H groups in total. The molecule has 1 aromatic carbocycles. The van der Waals surface area contributed by atoms with Crippen LogP contribution in [0.25, 0.3) is 16.7 Å². The van der Waals surface area contributed by atoms with Gasteiger partial charge in [0.05, 0.1) is 22.2 Å². The molecule has 0 amide bonds. The monoisotopic (exact) mass is 322 g/mol. The number of aromatic nitrogens is 3. The van der Waals surface area contributed by atoms with Gasteiger partial charge < -0.3 is 0 Å². The van der Waals surface area contributed by atoms with Crippen LogP contribution >= 0.6 is 11.8 Å². The van der Waals surface area contributed by atoms with E-state index in [0.717, 1.165) is 5.56 Å². The van der Waals surface area contributed by atoms with E-state index >= 15 is 0 Å². The molecule has 3 aromatic rings. The minimum Gasteiger partial charge on any atom is -0.268 e. The summed E-state index contributed by atoms with van der Waals surface area (Å²) in [5.41, 5.74) is 1.44. The molecule has 6 heteroatoms. The van der Waals surface area contributed by atoms with Gasteiger partial charge >= 0.3 is 0 Å². The molecule has 0 aliphatic heterocycles. The molecule has 2 aromatic heterocycles. The maximum atomic E-state index is 12.9. The standard InChI is InChI=1S/C17H14N4OS/c1-11-7-8-19-15(9-11)21-16(22)13-5-3-4-6-14(13)20-17(21)23-12(2)10-18/h3-9,12H,1-2H3/t12-/m1/s1. The highest BCUT2D eigenvalue weighted by Crippen LogP contribution is 2.24. The normalized spacial score (nSPS) is 12.0. The highest BCUT2D eigenvalue weighted by molar-refractivity contribution is 8.00. The summed E-state index contributed by atoms with van der Waals surface area (Å²) in [7, 11) is 0. The molecule has 0 bridgehead atoms. The van der Waals surface area contributed by atoms with Gasteiger partial charge in [0.2, 0.25) is 0 Å². The van der Waals surface area contributed by atoms with Gasteiger partial charge in [-0.25, -0.2) is 14.5 Å². The lowest BCUT2D eigenvalue weighted by molar-refractivity contribution is 0.793. The summed E-state index contributed by atoms with van der Waals surface area (Å²) in [6.45, 7) is 3.72. The number of aryl methyl sites for hydroxylation is 1. The summed E-state index contributed by atoms with van der Waals surface area (Å²) >= 11 is 1.25. The molecule has 0 radical (unpaired) electrons. The van der Waals surface area contributed by atoms with Gasteiger partial charge in [-0.2, -0.15) is 5.26 Å². The number of fused-ring (bicyclic) bond motifs is 1. The van der Waals surface area contributed by atoms with E-state index in [2.05, 4.69) is 16.0 Å². The first kappa shape index (κ1) is 15.3. The fraction of sp³-hybridized carbons (Fsp3) is 0.176. The first-order chi connectivity index (χ1) is 11.1. The highest BCUT2D eigenvalue weighted by atomic mass is 32.2. The van der Waals surface area contributed by atoms with E-state index in [0.29, 0.717) is 21.9 Å². The zero-order valence-corrected chi connectivity index (χ0v) is 13.5. The van der Waals surface area contributed by atoms with Crippen molar-refractivity contribution in [2.24, 2.45) is 0 Å². The molecular weight excluding hydrogens is 308 g/mol. The first-order valence-electron chi connectivity index (χ1n) is 7.11. The first-order valence-corrected chi connectivity index (χ1v) is 7.99. The molecule has 1 atom stereocenters. The van der Waals surface area contributed by atoms with E-state index < -0.39 is 0 Å². The lowest BCUT2D eigenvalue weighted by Gasteiger charge is -2.13. The van der Waals surface area contributed by atoms with Crippen LogP contribution in [-0.2, 0) is 0 Å². The van der Waals surface area contributed by atoms with E-state index in [1.165, 1.54) is 16.3 Å². The van der Waals surface area contributed by atoms with Crippen LogP contribution in [0, 0.1) is 18.3 Å². The van der Waals surface area contributed by atoms with Gasteiger partial charge in [0.25, 0.3) is 5.56 Å². The molecule has 0 unspecified atom stereocenters. The van der Waals surface area contributed by atoms with E-state index in [1.807, 2.05) is 31.2 Å². The van der Waals surface area contributed by atoms with E-state index in [9.17, 15) is 4.79 Å². The summed E-state index contributed by atoms with van der Waals surface area (Å²) in [5, 5.41) is 9.77. The molecule has 0 saturated carbocycles. The molecule has 2 heterocycles. The molecule has 5 nitrogen and oxygen atoms in total. The van der Waals surface area contributed by atoms with Crippen LogP contribution in [0.1, 0.15) is 12.5 Å². The highest BCUT2D eigenvalue weighted by Gasteiger charge is 2.16. The summed E-state index contributed by atoms with van der Waals surface area (Å²) in [4.78, 5) is 21.8. The molecule has 0 spiro atoms. The SMILES string of the molecule is Cc1ccnc(-n2c(S[C@H](C)C#N)nc3ccccc3c2=O)c1. The van der Waals surface area contributed by atoms with Gasteiger partial charge in [-0.1, -0.05) is 23.9 Å². The van der Waals surface area contributed by atoms with Gasteiger partial charge in [0.1, 0.15) is 5.82 Å². The third-order valence-electron chi connectivity index (χ3n) is 3.34. The Bertz CT molecular complexity index is 974. The number of para-hydroxylation sites is 1. The number of benzene rings is 1. The third-order valence-corrected chi connectivity index (χ3v) is 4.28. The Hall–Kier alpha value is -2.65. The second-order valence-electron chi connectivity index (χ2n) is 5.13. The van der Waals surface area contributed by atoms with Gasteiger partial charge in [0, 0.05) is 6.20 Å². The number of hydrogen-bond donors (Lipinski definition) is 0. The Morgan fingerprint density at radius 1 is 1.30 bits per heavy atom. The van der Waals surface area contributed by atoms with Crippen LogP contribution in [-0.4, -0.2) is 19.8 Å². The second-order valence-corrected chi connectivity index (χ2v) is 6.44. The lowest BCUT2D eigenvalue weighted by Crippen LogP contribution is -2.23. The molecular formula is C17H14N4OS. The molecule has 3 rings (SSSR count). The molecule has 23 heavy (non-hydrogen) atoms. The summed E-state index contributed by atoms with van der Waals surface area (Å²) in [5.74, 6) is 0.515. The van der Waals surface area contributed by atoms with E-state index in [1.54, 1.807) is 25.3 Å². The van der Waals surface area contributed by atoms with Crippen LogP contribution in [0.15, 0.2) is 52.5 Å². The summed E-state index contributed by atoms with van der Waals surface area (Å²) in [6.07, 6.45) is 1.66. The predicted molar refractivity (Wildman–Crippen MR) is 90.8 cm³/mol. The Morgan fingerprint density at radius 2 is 2.09 bits per heavy atom. The number of thioether (sulfide) groups is 1. The Kier molecular flexibility index (Phi) is 4.13. The molecule has 114 valence electrons. The fourth-order valence-electron chi connectivity index (χ4n) is 2.22. The van der Waals surface area contributed by atoms with Crippen LogP contribution in [0.2, 0.25) is 0 Å². The van der Waals surface area contributed by atoms with Gasteiger partial charge in [-0.05, 0) is 43.7 Å². The largest absolute Gasteiger partial charge is 0.268 e. The van der Waals surface area contributed by atoms with Gasteiger partial charge in [-0.3, -0.25) is 4.79 Å². The zero-order valence-electron chi connectivity index (χ0n) is 12.7. The summed E-state index contributed by atoms with van der Waals surface area (Å²) < 4.78 is 1.48. The van der Waals surface area contributed by atoms with E-state index in [4.69, 9.17) is 5.26 Å². The average molecular weight is 322 g/mol. The lowest BCUT2D eigenvalue weighted by atomic mass is 10.2. The molecule has 0 saturated heterocycles. The van der Waals surface area contributed by atoms with Gasteiger partial charge in [-0.15, -0.1) is 0 Å². The van der Waals surface area contributed by atoms with Crippen LogP contribution in [0.4, 0.5) is 0 Å². The van der Waals surface area contributed by atoms with Crippen molar-refractivity contribution in [1.29, 1.82) is 5.26 Å². The minimum absolute atomic E-state index is 0.179. The Morgan fingerprint density at radius 3 is 2.83 bits per heavy atom. The zero-order chi connectivity index (χ0) is 16.4. The average Bonchev–Trinajstić information content (AvgIpc) is 2.55. The number of nitriles is 1. The van der Waals surface area contributed by atoms with Crippen molar-refractivity contribution >= 4 is 22.7 Å². The number of pyridine rings is 1. The maximum absolute atomic E-state index is 12.9. The van der Waals surface area contributed by atoms with Crippen molar-refractivity contribution in [3.8, 4) is 11.9 Å².